The van der Waals surface area contributed by atoms with Crippen LogP contribution in [0.4, 0.5) is 5.69 Å². The Morgan fingerprint density at radius 3 is 2.70 bits per heavy atom. The van der Waals surface area contributed by atoms with Gasteiger partial charge in [0.15, 0.2) is 4.34 Å². The van der Waals surface area contributed by atoms with E-state index in [0.717, 1.165) is 32.8 Å². The molecule has 5 rings (SSSR count). The maximum absolute atomic E-state index is 13.0. The lowest BCUT2D eigenvalue weighted by Gasteiger charge is -2.12. The van der Waals surface area contributed by atoms with Crippen LogP contribution in [0.3, 0.4) is 0 Å². The van der Waals surface area contributed by atoms with Crippen LogP contribution in [0.25, 0.3) is 21.0 Å². The normalized spacial score (nSPS) is 13.5. The molecule has 7 heteroatoms. The molecule has 0 bridgehead atoms. The topological polar surface area (TPSA) is 59.1 Å². The third-order valence-corrected chi connectivity index (χ3v) is 8.31. The van der Waals surface area contributed by atoms with Gasteiger partial charge in [-0.15, -0.1) is 11.3 Å². The molecule has 0 saturated heterocycles. The number of hydrogen-bond acceptors (Lipinski definition) is 5. The van der Waals surface area contributed by atoms with Gasteiger partial charge in [-0.2, -0.15) is 0 Å². The second-order valence-electron chi connectivity index (χ2n) is 6.53. The van der Waals surface area contributed by atoms with Gasteiger partial charge in [0.05, 0.1) is 20.8 Å². The molecule has 3 aromatic carbocycles. The number of benzene rings is 3. The minimum atomic E-state index is -3.68. The first-order chi connectivity index (χ1) is 13.0. The summed E-state index contributed by atoms with van der Waals surface area (Å²) >= 11 is 3.07. The highest BCUT2D eigenvalue weighted by atomic mass is 32.2. The van der Waals surface area contributed by atoms with Gasteiger partial charge in [-0.25, -0.2) is 13.4 Å². The highest BCUT2D eigenvalue weighted by molar-refractivity contribution is 8.00. The van der Waals surface area contributed by atoms with E-state index in [1.54, 1.807) is 30.0 Å². The Hall–Kier alpha value is -2.09. The van der Waals surface area contributed by atoms with E-state index in [0.29, 0.717) is 5.69 Å². The highest BCUT2D eigenvalue weighted by Gasteiger charge is 2.20. The molecule has 136 valence electrons. The van der Waals surface area contributed by atoms with Crippen LogP contribution in [-0.4, -0.2) is 19.7 Å². The Morgan fingerprint density at radius 2 is 1.89 bits per heavy atom. The number of fused-ring (bicyclic) bond motifs is 1. The van der Waals surface area contributed by atoms with Crippen LogP contribution < -0.4 is 4.72 Å². The van der Waals surface area contributed by atoms with Crippen LogP contribution in [0, 0.1) is 0 Å². The number of aryl methyl sites for hydroxylation is 2. The third kappa shape index (κ3) is 2.81. The molecular weight excluding hydrogens is 396 g/mol. The largest absolute Gasteiger partial charge is 0.279 e. The van der Waals surface area contributed by atoms with Gasteiger partial charge in [0.1, 0.15) is 0 Å². The lowest BCUT2D eigenvalue weighted by atomic mass is 10.0. The average molecular weight is 413 g/mol. The van der Waals surface area contributed by atoms with E-state index in [1.165, 1.54) is 27.8 Å². The molecule has 1 heterocycles. The Labute approximate surface area is 165 Å². The number of nitrogens with one attached hydrogen (secondary N) is 1. The molecule has 0 fully saturated rings. The van der Waals surface area contributed by atoms with Crippen LogP contribution >= 0.6 is 23.1 Å². The molecule has 0 amide bonds. The summed E-state index contributed by atoms with van der Waals surface area (Å²) in [6.45, 7) is 0. The second kappa shape index (κ2) is 6.22. The molecule has 0 spiro atoms. The first kappa shape index (κ1) is 17.0. The fourth-order valence-corrected chi connectivity index (χ4v) is 6.39. The molecule has 4 aromatic rings. The fourth-order valence-electron chi connectivity index (χ4n) is 3.68. The molecule has 1 aromatic heterocycles. The Bertz CT molecular complexity index is 1300. The van der Waals surface area contributed by atoms with Crippen molar-refractivity contribution in [3.8, 4) is 0 Å². The standard InChI is InChI=1S/C20H16N2O2S3/c1-25-20-21-17-10-8-14(11-18(17)26-20)27(23,24)22-16-9-7-13-6-5-12-3-2-4-15(16)19(12)13/h2-4,7-11,22H,5-6H2,1H3. The molecule has 1 aliphatic carbocycles. The molecule has 0 saturated carbocycles. The molecular formula is C20H16N2O2S3. The van der Waals surface area contributed by atoms with Crippen LogP contribution in [0.15, 0.2) is 57.8 Å². The van der Waals surface area contributed by atoms with Crippen molar-refractivity contribution >= 4 is 59.8 Å². The zero-order chi connectivity index (χ0) is 18.6. The number of nitrogens with zero attached hydrogens (tertiary/aromatic N) is 1. The molecule has 0 unspecified atom stereocenters. The molecule has 4 nitrogen and oxygen atoms in total. The van der Waals surface area contributed by atoms with E-state index < -0.39 is 10.0 Å². The zero-order valence-electron chi connectivity index (χ0n) is 14.5. The van der Waals surface area contributed by atoms with Gasteiger partial charge in [-0.1, -0.05) is 36.0 Å². The Balaban J connectivity index is 1.58. The molecule has 1 aliphatic rings. The van der Waals surface area contributed by atoms with E-state index >= 15 is 0 Å². The summed E-state index contributed by atoms with van der Waals surface area (Å²) in [6.07, 6.45) is 4.00. The van der Waals surface area contributed by atoms with E-state index in [2.05, 4.69) is 15.8 Å². The number of thiazole rings is 1. The van der Waals surface area contributed by atoms with Gasteiger partial charge in [0.2, 0.25) is 0 Å². The number of rotatable bonds is 4. The predicted octanol–water partition coefficient (Wildman–Crippen LogP) is 5.07. The number of hydrogen-bond donors (Lipinski definition) is 1. The minimum absolute atomic E-state index is 0.259. The van der Waals surface area contributed by atoms with Crippen molar-refractivity contribution < 1.29 is 8.42 Å². The van der Waals surface area contributed by atoms with Gasteiger partial charge >= 0.3 is 0 Å². The lowest BCUT2D eigenvalue weighted by Crippen LogP contribution is -2.13. The smallest absolute Gasteiger partial charge is 0.261 e. The number of aromatic nitrogens is 1. The van der Waals surface area contributed by atoms with E-state index in [1.807, 2.05) is 30.5 Å². The predicted molar refractivity (Wildman–Crippen MR) is 114 cm³/mol. The van der Waals surface area contributed by atoms with Crippen LogP contribution in [0.1, 0.15) is 11.1 Å². The molecule has 0 atom stereocenters. The number of sulfonamides is 1. The third-order valence-electron chi connectivity index (χ3n) is 4.95. The maximum atomic E-state index is 13.0. The second-order valence-corrected chi connectivity index (χ2v) is 10.3. The molecule has 27 heavy (non-hydrogen) atoms. The average Bonchev–Trinajstić information content (AvgIpc) is 3.28. The Kier molecular flexibility index (Phi) is 3.93. The summed E-state index contributed by atoms with van der Waals surface area (Å²) in [5.74, 6) is 0. The van der Waals surface area contributed by atoms with Crippen molar-refractivity contribution in [1.29, 1.82) is 0 Å². The summed E-state index contributed by atoms with van der Waals surface area (Å²) in [7, 11) is -3.68. The summed E-state index contributed by atoms with van der Waals surface area (Å²) in [5.41, 5.74) is 4.04. The van der Waals surface area contributed by atoms with E-state index in [4.69, 9.17) is 0 Å². The van der Waals surface area contributed by atoms with Crippen molar-refractivity contribution in [3.63, 3.8) is 0 Å². The highest BCUT2D eigenvalue weighted by Crippen LogP contribution is 2.36. The van der Waals surface area contributed by atoms with Crippen molar-refractivity contribution in [2.24, 2.45) is 0 Å². The van der Waals surface area contributed by atoms with Gasteiger partial charge < -0.3 is 0 Å². The summed E-state index contributed by atoms with van der Waals surface area (Å²) in [6, 6.07) is 15.1. The SMILES string of the molecule is CSc1nc2ccc(S(=O)(=O)Nc3ccc4c5c(cccc35)CC4)cc2s1. The lowest BCUT2D eigenvalue weighted by molar-refractivity contribution is 0.601. The number of thioether (sulfide) groups is 1. The zero-order valence-corrected chi connectivity index (χ0v) is 17.0. The molecule has 1 N–H and O–H groups in total. The van der Waals surface area contributed by atoms with E-state index in [9.17, 15) is 8.42 Å². The van der Waals surface area contributed by atoms with Gasteiger partial charge in [0.25, 0.3) is 10.0 Å². The first-order valence-electron chi connectivity index (χ1n) is 8.56. The first-order valence-corrected chi connectivity index (χ1v) is 12.1. The summed E-state index contributed by atoms with van der Waals surface area (Å²) in [4.78, 5) is 4.73. The monoisotopic (exact) mass is 412 g/mol. The van der Waals surface area contributed by atoms with Crippen LogP contribution in [0.5, 0.6) is 0 Å². The summed E-state index contributed by atoms with van der Waals surface area (Å²) < 4.78 is 30.6. The number of anilines is 1. The van der Waals surface area contributed by atoms with Gasteiger partial charge in [0, 0.05) is 5.39 Å². The fraction of sp³-hybridized carbons (Fsp3) is 0.150. The van der Waals surface area contributed by atoms with Gasteiger partial charge in [-0.3, -0.25) is 4.72 Å². The van der Waals surface area contributed by atoms with Crippen molar-refractivity contribution in [3.05, 3.63) is 59.7 Å². The summed E-state index contributed by atoms with van der Waals surface area (Å²) in [5, 5.41) is 2.16. The molecule has 0 aliphatic heterocycles. The maximum Gasteiger partial charge on any atom is 0.261 e. The van der Waals surface area contributed by atoms with Crippen molar-refractivity contribution in [2.75, 3.05) is 11.0 Å². The Morgan fingerprint density at radius 1 is 1.07 bits per heavy atom. The van der Waals surface area contributed by atoms with E-state index in [-0.39, 0.29) is 4.90 Å². The van der Waals surface area contributed by atoms with Crippen LogP contribution in [0.2, 0.25) is 0 Å². The van der Waals surface area contributed by atoms with Crippen molar-refractivity contribution in [1.82, 2.24) is 4.98 Å². The quantitative estimate of drug-likeness (QED) is 0.475. The van der Waals surface area contributed by atoms with Gasteiger partial charge in [-0.05, 0) is 59.9 Å². The minimum Gasteiger partial charge on any atom is -0.279 e. The van der Waals surface area contributed by atoms with Crippen molar-refractivity contribution in [2.45, 2.75) is 22.1 Å². The van der Waals surface area contributed by atoms with Crippen LogP contribution in [-0.2, 0) is 22.9 Å². The molecule has 0 radical (unpaired) electrons.